The van der Waals surface area contributed by atoms with Crippen LogP contribution in [0.15, 0.2) is 24.5 Å². The predicted molar refractivity (Wildman–Crippen MR) is 228 cm³/mol. The van der Waals surface area contributed by atoms with Gasteiger partial charge in [-0.05, 0) is 161 Å². The van der Waals surface area contributed by atoms with Crippen LogP contribution in [0.5, 0.6) is 0 Å². The monoisotopic (exact) mass is 703 g/mol. The minimum absolute atomic E-state index is 0. The van der Waals surface area contributed by atoms with Gasteiger partial charge in [0.1, 0.15) is 18.6 Å². The number of likely N-dealkylation sites (tertiary alicyclic amines) is 3. The fourth-order valence-electron chi connectivity index (χ4n) is 4.29. The van der Waals surface area contributed by atoms with Gasteiger partial charge in [-0.15, -0.1) is 0 Å². The van der Waals surface area contributed by atoms with E-state index in [-0.39, 0.29) is 28.7 Å². The van der Waals surface area contributed by atoms with Gasteiger partial charge in [-0.2, -0.15) is 4.65 Å². The van der Waals surface area contributed by atoms with Gasteiger partial charge in [-0.25, -0.2) is 5.21 Å². The van der Waals surface area contributed by atoms with Crippen LogP contribution in [0.3, 0.4) is 0 Å². The van der Waals surface area contributed by atoms with Crippen molar-refractivity contribution in [2.24, 2.45) is 5.73 Å². The Balaban J connectivity index is -0.000000112. The van der Waals surface area contributed by atoms with Crippen molar-refractivity contribution in [1.29, 1.82) is 0 Å². The van der Waals surface area contributed by atoms with E-state index in [9.17, 15) is 5.21 Å². The molecule has 3 fully saturated rings. The third kappa shape index (κ3) is 32.7. The van der Waals surface area contributed by atoms with E-state index in [0.29, 0.717) is 11.1 Å². The first-order valence-corrected chi connectivity index (χ1v) is 19.8. The Bertz CT molecular complexity index is 765. The van der Waals surface area contributed by atoms with Gasteiger partial charge in [0, 0.05) is 34.5 Å². The van der Waals surface area contributed by atoms with Crippen LogP contribution in [-0.2, 0) is 5.54 Å². The van der Waals surface area contributed by atoms with Crippen molar-refractivity contribution in [1.82, 2.24) is 14.4 Å². The molecular formula is C43H100N5O+. The summed E-state index contributed by atoms with van der Waals surface area (Å²) in [5.41, 5.74) is 6.46. The number of nitrogens with two attached hydrogens (primary N) is 1. The zero-order chi connectivity index (χ0) is 39.6. The van der Waals surface area contributed by atoms with Crippen LogP contribution in [0, 0.1) is 0 Å². The number of hydrogen-bond acceptors (Lipinski definition) is 4. The molecule has 3 saturated heterocycles. The van der Waals surface area contributed by atoms with Gasteiger partial charge < -0.3 is 10.3 Å². The van der Waals surface area contributed by atoms with Crippen molar-refractivity contribution in [3.8, 4) is 0 Å². The average Bonchev–Trinajstić information content (AvgIpc) is 3.65. The van der Waals surface area contributed by atoms with Gasteiger partial charge in [-0.1, -0.05) is 62.8 Å². The third-order valence-corrected chi connectivity index (χ3v) is 7.54. The molecule has 3 N–H and O–H groups in total. The van der Waals surface area contributed by atoms with Crippen LogP contribution in [0.4, 0.5) is 0 Å². The molecule has 4 rings (SSSR count). The van der Waals surface area contributed by atoms with Gasteiger partial charge in [0.2, 0.25) is 0 Å². The molecule has 6 heteroatoms. The molecule has 0 aromatic carbocycles. The fraction of sp³-hybridized carbons (Fsp3) is 0.907. The normalized spacial score (nSPS) is 16.5. The minimum atomic E-state index is 0. The van der Waals surface area contributed by atoms with Crippen LogP contribution in [0.2, 0.25) is 0 Å². The van der Waals surface area contributed by atoms with Crippen LogP contribution < -0.4 is 5.73 Å². The number of hydroxylamine groups is 3. The number of nitrogens with zero attached hydrogens (tertiary/aromatic N) is 4. The zero-order valence-electron chi connectivity index (χ0n) is 37.7. The molecule has 0 bridgehead atoms. The topological polar surface area (TPSA) is 57.7 Å². The summed E-state index contributed by atoms with van der Waals surface area (Å²) in [5, 5.41) is 9.68. The third-order valence-electron chi connectivity index (χ3n) is 7.54. The molecule has 1 aromatic heterocycles. The van der Waals surface area contributed by atoms with E-state index < -0.39 is 0 Å². The number of hydrogen-bond donors (Lipinski definition) is 2. The van der Waals surface area contributed by atoms with E-state index in [1.165, 1.54) is 51.9 Å². The first-order chi connectivity index (χ1) is 21.8. The molecule has 0 spiro atoms. The molecule has 1 aromatic rings. The van der Waals surface area contributed by atoms with Gasteiger partial charge in [-0.3, -0.25) is 9.80 Å². The Labute approximate surface area is 313 Å². The van der Waals surface area contributed by atoms with Crippen molar-refractivity contribution in [2.75, 3.05) is 39.3 Å². The van der Waals surface area contributed by atoms with Crippen molar-refractivity contribution in [2.45, 2.75) is 220 Å². The number of quaternary nitrogens is 1. The maximum Gasteiger partial charge on any atom is 0.120 e. The smallest absolute Gasteiger partial charge is 0.120 e. The Morgan fingerprint density at radius 2 is 0.755 bits per heavy atom. The molecule has 0 atom stereocenters. The van der Waals surface area contributed by atoms with E-state index in [1.54, 1.807) is 0 Å². The number of aromatic nitrogens is 1. The molecule has 302 valence electrons. The molecule has 0 amide bonds. The second kappa shape index (κ2) is 29.6. The van der Waals surface area contributed by atoms with Crippen molar-refractivity contribution >= 4 is 0 Å². The Morgan fingerprint density at radius 1 is 0.490 bits per heavy atom. The molecule has 0 unspecified atom stereocenters. The molecule has 3 aliphatic heterocycles. The molecule has 3 aliphatic rings. The lowest BCUT2D eigenvalue weighted by Gasteiger charge is -2.47. The summed E-state index contributed by atoms with van der Waals surface area (Å²) in [5.74, 6) is 0. The van der Waals surface area contributed by atoms with Crippen molar-refractivity contribution in [3.05, 3.63) is 24.5 Å². The molecule has 0 aliphatic carbocycles. The molecule has 6 nitrogen and oxygen atoms in total. The van der Waals surface area contributed by atoms with E-state index >= 15 is 0 Å². The fourth-order valence-corrected chi connectivity index (χ4v) is 4.29. The highest BCUT2D eigenvalue weighted by molar-refractivity contribution is 4.94. The average molecular weight is 703 g/mol. The molecule has 0 saturated carbocycles. The summed E-state index contributed by atoms with van der Waals surface area (Å²) >= 11 is 0. The lowest BCUT2D eigenvalue weighted by Crippen LogP contribution is -2.65. The summed E-state index contributed by atoms with van der Waals surface area (Å²) in [6, 6.07) is 4.09. The van der Waals surface area contributed by atoms with E-state index in [0.717, 1.165) is 13.1 Å². The lowest BCUT2D eigenvalue weighted by atomic mass is 10.00. The maximum atomic E-state index is 9.68. The van der Waals surface area contributed by atoms with Crippen LogP contribution in [-0.4, -0.2) is 85.6 Å². The van der Waals surface area contributed by atoms with E-state index in [4.69, 9.17) is 5.73 Å². The zero-order valence-corrected chi connectivity index (χ0v) is 37.7. The van der Waals surface area contributed by atoms with E-state index in [1.807, 2.05) is 88.3 Å². The van der Waals surface area contributed by atoms with Crippen molar-refractivity contribution in [3.63, 3.8) is 0 Å². The van der Waals surface area contributed by atoms with Gasteiger partial charge in [0.05, 0.1) is 6.42 Å². The molecule has 49 heavy (non-hydrogen) atoms. The summed E-state index contributed by atoms with van der Waals surface area (Å²) in [7, 11) is 0. The highest BCUT2D eigenvalue weighted by Gasteiger charge is 2.45. The summed E-state index contributed by atoms with van der Waals surface area (Å²) in [4.78, 5) is 5.04. The summed E-state index contributed by atoms with van der Waals surface area (Å²) in [6.07, 6.45) is 9.54. The Morgan fingerprint density at radius 3 is 0.837 bits per heavy atom. The maximum absolute atomic E-state index is 9.68. The highest BCUT2D eigenvalue weighted by Crippen LogP contribution is 2.28. The van der Waals surface area contributed by atoms with Crippen molar-refractivity contribution < 1.29 is 9.85 Å². The summed E-state index contributed by atoms with van der Waals surface area (Å²) in [6.45, 7) is 55.5. The Hall–Kier alpha value is -0.920. The highest BCUT2D eigenvalue weighted by atomic mass is 16.6. The Kier molecular flexibility index (Phi) is 36.4. The van der Waals surface area contributed by atoms with Gasteiger partial charge in [0.15, 0.2) is 0 Å². The van der Waals surface area contributed by atoms with Gasteiger partial charge in [0.25, 0.3) is 0 Å². The largest absolute Gasteiger partial charge is 0.349 e. The lowest BCUT2D eigenvalue weighted by molar-refractivity contribution is -1.16. The summed E-state index contributed by atoms with van der Waals surface area (Å²) < 4.78 is 2.46. The second-order valence-electron chi connectivity index (χ2n) is 16.9. The SMILES string of the molecule is C.CC.CC.CC.CC.CC(C)(C)N.CC(C)(C)N1CCC1.CC(C)(C)N1CCCC1.CC(C)(C)[N+]1(O)CCC1.CC(C)(C)n1cccc1. The second-order valence-corrected chi connectivity index (χ2v) is 16.9. The molecular weight excluding hydrogens is 603 g/mol. The molecule has 0 radical (unpaired) electrons. The minimum Gasteiger partial charge on any atom is -0.349 e. The standard InChI is InChI=1S/C8H17N.C8H13N.C7H16NO.C7H15N.C4H11N.4C2H6.CH4/c2*1-8(2,3)9-6-4-5-7-9;1-7(2,3)8(9)5-4-6-8;1-7(2,3)8-5-4-6-8;1-4(2,3)5;4*1-2;/h4-7H2,1-3H3;4-7H,1-3H3;9H,4-6H2,1-3H3;4-6H2,1-3H3;5H2,1-3H3;4*1-2H3;1H4/q;;+1;;;;;;;. The first kappa shape index (κ1) is 60.2. The van der Waals surface area contributed by atoms with Crippen LogP contribution >= 0.6 is 0 Å². The quantitative estimate of drug-likeness (QED) is 0.264. The first-order valence-electron chi connectivity index (χ1n) is 19.8. The van der Waals surface area contributed by atoms with Gasteiger partial charge >= 0.3 is 0 Å². The van der Waals surface area contributed by atoms with E-state index in [2.05, 4.69) is 110 Å². The number of rotatable bonds is 0. The molecule has 4 heterocycles. The van der Waals surface area contributed by atoms with Crippen LogP contribution in [0.25, 0.3) is 0 Å². The van der Waals surface area contributed by atoms with Crippen LogP contribution in [0.1, 0.15) is 192 Å². The predicted octanol–water partition coefficient (Wildman–Crippen LogP) is 12.5.